The maximum absolute atomic E-state index is 13.2. The van der Waals surface area contributed by atoms with Crippen molar-refractivity contribution in [1.29, 1.82) is 0 Å². The number of nitrogens with zero attached hydrogens (tertiary/aromatic N) is 2. The van der Waals surface area contributed by atoms with Crippen LogP contribution in [0.3, 0.4) is 0 Å². The van der Waals surface area contributed by atoms with Crippen molar-refractivity contribution >= 4 is 16.7 Å². The van der Waals surface area contributed by atoms with Crippen molar-refractivity contribution in [1.82, 2.24) is 9.78 Å². The van der Waals surface area contributed by atoms with Gasteiger partial charge in [0.1, 0.15) is 0 Å². The van der Waals surface area contributed by atoms with Gasteiger partial charge in [0.25, 0.3) is 5.56 Å². The van der Waals surface area contributed by atoms with E-state index in [1.807, 2.05) is 62.4 Å². The molecule has 5 heteroatoms. The summed E-state index contributed by atoms with van der Waals surface area (Å²) < 4.78 is 1.70. The van der Waals surface area contributed by atoms with Gasteiger partial charge in [-0.2, -0.15) is 5.10 Å². The number of carbonyl (C=O) groups excluding carboxylic acids is 1. The first-order valence-corrected chi connectivity index (χ1v) is 10.3. The molecule has 5 nitrogen and oxygen atoms in total. The normalized spacial score (nSPS) is 15.5. The Kier molecular flexibility index (Phi) is 4.99. The predicted octanol–water partition coefficient (Wildman–Crippen LogP) is 4.33. The van der Waals surface area contributed by atoms with E-state index in [1.54, 1.807) is 4.68 Å². The molecular formula is C24H27N3O2. The van der Waals surface area contributed by atoms with Gasteiger partial charge in [0.15, 0.2) is 0 Å². The van der Waals surface area contributed by atoms with Gasteiger partial charge in [-0.1, -0.05) is 55.7 Å². The largest absolute Gasteiger partial charge is 0.369 e. The van der Waals surface area contributed by atoms with Gasteiger partial charge in [0.2, 0.25) is 5.91 Å². The van der Waals surface area contributed by atoms with Crippen LogP contribution in [0.1, 0.15) is 57.6 Å². The van der Waals surface area contributed by atoms with Crippen molar-refractivity contribution in [3.05, 3.63) is 64.4 Å². The Balaban J connectivity index is 1.93. The van der Waals surface area contributed by atoms with Crippen LogP contribution in [0.15, 0.2) is 53.3 Å². The Bertz CT molecular complexity index is 1120. The molecule has 2 aromatic carbocycles. The number of primary amides is 1. The minimum atomic E-state index is -0.788. The summed E-state index contributed by atoms with van der Waals surface area (Å²) >= 11 is 0. The molecule has 0 atom stereocenters. The number of carbonyl (C=O) groups is 1. The standard InChI is InChI=1S/C24H27N3O2/c1-24(2,23(25)29)17-10-8-9-16(15-17)21-19-13-6-7-14-20(19)22(28)27(26-21)18-11-4-3-5-12-18/h6-10,13-15,18H,3-5,11-12H2,1-2H3,(H2,25,29). The van der Waals surface area contributed by atoms with Gasteiger partial charge < -0.3 is 5.73 Å². The monoisotopic (exact) mass is 389 g/mol. The Morgan fingerprint density at radius 3 is 2.41 bits per heavy atom. The van der Waals surface area contributed by atoms with Crippen molar-refractivity contribution in [2.24, 2.45) is 5.73 Å². The van der Waals surface area contributed by atoms with E-state index in [0.717, 1.165) is 47.9 Å². The summed E-state index contributed by atoms with van der Waals surface area (Å²) in [4.78, 5) is 25.1. The third-order valence-corrected chi connectivity index (χ3v) is 6.22. The Morgan fingerprint density at radius 1 is 1.03 bits per heavy atom. The molecule has 0 radical (unpaired) electrons. The minimum absolute atomic E-state index is 0.0233. The lowest BCUT2D eigenvalue weighted by atomic mass is 9.83. The number of amides is 1. The molecule has 150 valence electrons. The summed E-state index contributed by atoms with van der Waals surface area (Å²) in [7, 11) is 0. The molecule has 1 aliphatic carbocycles. The lowest BCUT2D eigenvalue weighted by molar-refractivity contribution is -0.122. The molecule has 3 aromatic rings. The summed E-state index contributed by atoms with van der Waals surface area (Å²) in [5, 5.41) is 6.37. The van der Waals surface area contributed by atoms with Crippen LogP contribution in [0.25, 0.3) is 22.0 Å². The maximum atomic E-state index is 13.2. The molecule has 2 N–H and O–H groups in total. The molecule has 0 unspecified atom stereocenters. The molecule has 1 fully saturated rings. The highest BCUT2D eigenvalue weighted by atomic mass is 16.1. The summed E-state index contributed by atoms with van der Waals surface area (Å²) in [6, 6.07) is 15.6. The molecule has 29 heavy (non-hydrogen) atoms. The molecule has 0 saturated heterocycles. The molecule has 0 spiro atoms. The molecule has 1 saturated carbocycles. The first-order chi connectivity index (χ1) is 13.9. The Hall–Kier alpha value is -2.95. The topological polar surface area (TPSA) is 78.0 Å². The lowest BCUT2D eigenvalue weighted by Gasteiger charge is -2.24. The highest BCUT2D eigenvalue weighted by Gasteiger charge is 2.28. The van der Waals surface area contributed by atoms with Gasteiger partial charge in [0, 0.05) is 10.9 Å². The van der Waals surface area contributed by atoms with Crippen molar-refractivity contribution in [3.8, 4) is 11.3 Å². The fraction of sp³-hybridized carbons (Fsp3) is 0.375. The van der Waals surface area contributed by atoms with Crippen LogP contribution in [0.5, 0.6) is 0 Å². The van der Waals surface area contributed by atoms with E-state index in [9.17, 15) is 9.59 Å². The number of fused-ring (bicyclic) bond motifs is 1. The molecule has 1 aromatic heterocycles. The number of rotatable bonds is 4. The third kappa shape index (κ3) is 3.46. The van der Waals surface area contributed by atoms with Gasteiger partial charge in [0.05, 0.1) is 22.5 Å². The van der Waals surface area contributed by atoms with Gasteiger partial charge in [-0.05, 0) is 44.4 Å². The maximum Gasteiger partial charge on any atom is 0.274 e. The second-order valence-electron chi connectivity index (χ2n) is 8.51. The molecule has 1 aliphatic rings. The molecule has 0 aliphatic heterocycles. The molecule has 1 amide bonds. The van der Waals surface area contributed by atoms with Crippen LogP contribution < -0.4 is 11.3 Å². The summed E-state index contributed by atoms with van der Waals surface area (Å²) in [5.74, 6) is -0.375. The molecule has 4 rings (SSSR count). The molecular weight excluding hydrogens is 362 g/mol. The third-order valence-electron chi connectivity index (χ3n) is 6.22. The molecule has 0 bridgehead atoms. The number of hydrogen-bond acceptors (Lipinski definition) is 3. The van der Waals surface area contributed by atoms with Gasteiger partial charge in [-0.25, -0.2) is 4.68 Å². The van der Waals surface area contributed by atoms with E-state index in [4.69, 9.17) is 10.8 Å². The van der Waals surface area contributed by atoms with Crippen LogP contribution >= 0.6 is 0 Å². The number of aromatic nitrogens is 2. The first-order valence-electron chi connectivity index (χ1n) is 10.3. The zero-order chi connectivity index (χ0) is 20.6. The van der Waals surface area contributed by atoms with E-state index < -0.39 is 5.41 Å². The average molecular weight is 389 g/mol. The van der Waals surface area contributed by atoms with Crippen LogP contribution in [0.4, 0.5) is 0 Å². The van der Waals surface area contributed by atoms with Gasteiger partial charge in [-0.3, -0.25) is 9.59 Å². The van der Waals surface area contributed by atoms with E-state index in [1.165, 1.54) is 6.42 Å². The Morgan fingerprint density at radius 2 is 1.72 bits per heavy atom. The van der Waals surface area contributed by atoms with Crippen LogP contribution in [-0.4, -0.2) is 15.7 Å². The van der Waals surface area contributed by atoms with E-state index >= 15 is 0 Å². The van der Waals surface area contributed by atoms with Gasteiger partial charge >= 0.3 is 0 Å². The Labute approximate surface area is 170 Å². The fourth-order valence-corrected chi connectivity index (χ4v) is 4.19. The van der Waals surface area contributed by atoms with E-state index in [-0.39, 0.29) is 17.5 Å². The number of nitrogens with two attached hydrogens (primary N) is 1. The van der Waals surface area contributed by atoms with Crippen molar-refractivity contribution in [2.75, 3.05) is 0 Å². The lowest BCUT2D eigenvalue weighted by Crippen LogP contribution is -2.35. The number of hydrogen-bond donors (Lipinski definition) is 1. The molecule has 1 heterocycles. The zero-order valence-electron chi connectivity index (χ0n) is 17.0. The summed E-state index contributed by atoms with van der Waals surface area (Å²) in [5.41, 5.74) is 7.31. The number of benzene rings is 2. The first kappa shape index (κ1) is 19.4. The highest BCUT2D eigenvalue weighted by Crippen LogP contribution is 2.32. The van der Waals surface area contributed by atoms with Crippen molar-refractivity contribution in [2.45, 2.75) is 57.4 Å². The smallest absolute Gasteiger partial charge is 0.274 e. The predicted molar refractivity (Wildman–Crippen MR) is 116 cm³/mol. The van der Waals surface area contributed by atoms with Crippen LogP contribution in [-0.2, 0) is 10.2 Å². The van der Waals surface area contributed by atoms with Crippen LogP contribution in [0.2, 0.25) is 0 Å². The minimum Gasteiger partial charge on any atom is -0.369 e. The SMILES string of the molecule is CC(C)(C(N)=O)c1cccc(-c2nn(C3CCCCC3)c(=O)c3ccccc23)c1. The fourth-order valence-electron chi connectivity index (χ4n) is 4.19. The van der Waals surface area contributed by atoms with E-state index in [2.05, 4.69) is 0 Å². The van der Waals surface area contributed by atoms with Crippen LogP contribution in [0, 0.1) is 0 Å². The second kappa shape index (κ2) is 7.47. The summed E-state index contributed by atoms with van der Waals surface area (Å²) in [6.45, 7) is 3.64. The zero-order valence-corrected chi connectivity index (χ0v) is 17.0. The average Bonchev–Trinajstić information content (AvgIpc) is 2.75. The van der Waals surface area contributed by atoms with E-state index in [0.29, 0.717) is 5.39 Å². The summed E-state index contributed by atoms with van der Waals surface area (Å²) in [6.07, 6.45) is 5.45. The highest BCUT2D eigenvalue weighted by molar-refractivity contribution is 5.94. The van der Waals surface area contributed by atoms with Gasteiger partial charge in [-0.15, -0.1) is 0 Å². The quantitative estimate of drug-likeness (QED) is 0.721. The second-order valence-corrected chi connectivity index (χ2v) is 8.51. The van der Waals surface area contributed by atoms with Crippen molar-refractivity contribution < 1.29 is 4.79 Å². The van der Waals surface area contributed by atoms with Crippen molar-refractivity contribution in [3.63, 3.8) is 0 Å².